The Morgan fingerprint density at radius 2 is 2.00 bits per heavy atom. The molecule has 0 saturated carbocycles. The molecule has 0 saturated heterocycles. The molecule has 0 N–H and O–H groups in total. The van der Waals surface area contributed by atoms with Crippen LogP contribution in [0.5, 0.6) is 0 Å². The average Bonchev–Trinajstić information content (AvgIpc) is 2.45. The molecule has 19 heavy (non-hydrogen) atoms. The minimum Gasteiger partial charge on any atom is -0.422 e. The highest BCUT2D eigenvalue weighted by Gasteiger charge is 2.09. The summed E-state index contributed by atoms with van der Waals surface area (Å²) in [7, 11) is 0. The van der Waals surface area contributed by atoms with Gasteiger partial charge in [0, 0.05) is 4.90 Å². The SMILES string of the molecule is CSc1cc(/C=C/c2ccccc2)oc(=O)c1C#N. The Labute approximate surface area is 115 Å². The van der Waals surface area contributed by atoms with E-state index < -0.39 is 5.63 Å². The van der Waals surface area contributed by atoms with Gasteiger partial charge in [0.1, 0.15) is 11.8 Å². The molecular weight excluding hydrogens is 258 g/mol. The fraction of sp³-hybridized carbons (Fsp3) is 0.0667. The second-order valence-corrected chi connectivity index (χ2v) is 4.58. The quantitative estimate of drug-likeness (QED) is 0.801. The van der Waals surface area contributed by atoms with Gasteiger partial charge in [0.15, 0.2) is 5.56 Å². The summed E-state index contributed by atoms with van der Waals surface area (Å²) in [4.78, 5) is 12.3. The van der Waals surface area contributed by atoms with Crippen LogP contribution in [0, 0.1) is 11.3 Å². The molecule has 0 aliphatic rings. The van der Waals surface area contributed by atoms with Crippen molar-refractivity contribution in [1.82, 2.24) is 0 Å². The maximum atomic E-state index is 11.6. The minimum atomic E-state index is -0.595. The van der Waals surface area contributed by atoms with E-state index in [0.29, 0.717) is 10.7 Å². The van der Waals surface area contributed by atoms with Crippen molar-refractivity contribution in [2.75, 3.05) is 6.26 Å². The molecule has 0 aliphatic heterocycles. The smallest absolute Gasteiger partial charge is 0.355 e. The van der Waals surface area contributed by atoms with Crippen molar-refractivity contribution < 1.29 is 4.42 Å². The molecule has 0 unspecified atom stereocenters. The molecule has 0 atom stereocenters. The van der Waals surface area contributed by atoms with Crippen molar-refractivity contribution >= 4 is 23.9 Å². The summed E-state index contributed by atoms with van der Waals surface area (Å²) in [5.74, 6) is 0.442. The van der Waals surface area contributed by atoms with Crippen molar-refractivity contribution in [2.45, 2.75) is 4.90 Å². The van der Waals surface area contributed by atoms with Gasteiger partial charge in [-0.1, -0.05) is 36.4 Å². The van der Waals surface area contributed by atoms with Gasteiger partial charge in [-0.3, -0.25) is 0 Å². The highest BCUT2D eigenvalue weighted by molar-refractivity contribution is 7.98. The number of thioether (sulfide) groups is 1. The van der Waals surface area contributed by atoms with Crippen molar-refractivity contribution in [3.05, 3.63) is 63.7 Å². The Balaban J connectivity index is 2.38. The molecule has 0 aliphatic carbocycles. The molecule has 0 amide bonds. The van der Waals surface area contributed by atoms with Crippen LogP contribution in [-0.4, -0.2) is 6.26 Å². The highest BCUT2D eigenvalue weighted by atomic mass is 32.2. The predicted molar refractivity (Wildman–Crippen MR) is 76.8 cm³/mol. The molecular formula is C15H11NO2S. The highest BCUT2D eigenvalue weighted by Crippen LogP contribution is 2.19. The molecule has 0 spiro atoms. The standard InChI is InChI=1S/C15H11NO2S/c1-19-14-9-12(18-15(17)13(14)10-16)8-7-11-5-3-2-4-6-11/h2-9H,1H3/b8-7+. The molecule has 2 rings (SSSR count). The van der Waals surface area contributed by atoms with Gasteiger partial charge in [-0.05, 0) is 24.0 Å². The summed E-state index contributed by atoms with van der Waals surface area (Å²) < 4.78 is 5.09. The van der Waals surface area contributed by atoms with Crippen LogP contribution in [0.1, 0.15) is 16.9 Å². The summed E-state index contributed by atoms with van der Waals surface area (Å²) in [6.45, 7) is 0. The van der Waals surface area contributed by atoms with Crippen LogP contribution in [0.25, 0.3) is 12.2 Å². The molecule has 1 aromatic carbocycles. The van der Waals surface area contributed by atoms with E-state index in [1.807, 2.05) is 48.7 Å². The molecule has 94 valence electrons. The molecule has 2 aromatic rings. The van der Waals surface area contributed by atoms with Crippen molar-refractivity contribution in [1.29, 1.82) is 5.26 Å². The Hall–Kier alpha value is -2.25. The van der Waals surface area contributed by atoms with Gasteiger partial charge in [-0.2, -0.15) is 5.26 Å². The number of nitrogens with zero attached hydrogens (tertiary/aromatic N) is 1. The zero-order valence-electron chi connectivity index (χ0n) is 10.3. The Morgan fingerprint density at radius 1 is 1.26 bits per heavy atom. The second kappa shape index (κ2) is 6.07. The fourth-order valence-corrected chi connectivity index (χ4v) is 2.14. The maximum Gasteiger partial charge on any atom is 0.355 e. The normalized spacial score (nSPS) is 10.5. The average molecular weight is 269 g/mol. The van der Waals surface area contributed by atoms with Crippen molar-refractivity contribution in [2.24, 2.45) is 0 Å². The van der Waals surface area contributed by atoms with E-state index in [4.69, 9.17) is 9.68 Å². The second-order valence-electron chi connectivity index (χ2n) is 3.74. The lowest BCUT2D eigenvalue weighted by atomic mass is 10.2. The van der Waals surface area contributed by atoms with Crippen LogP contribution in [-0.2, 0) is 0 Å². The number of nitriles is 1. The lowest BCUT2D eigenvalue weighted by Gasteiger charge is -2.00. The lowest BCUT2D eigenvalue weighted by Crippen LogP contribution is -2.06. The summed E-state index contributed by atoms with van der Waals surface area (Å²) in [5.41, 5.74) is 0.478. The van der Waals surface area contributed by atoms with Gasteiger partial charge >= 0.3 is 5.63 Å². The Kier molecular flexibility index (Phi) is 4.22. The van der Waals surface area contributed by atoms with Crippen molar-refractivity contribution in [3.8, 4) is 6.07 Å². The van der Waals surface area contributed by atoms with Gasteiger partial charge in [-0.25, -0.2) is 4.79 Å². The number of hydrogen-bond donors (Lipinski definition) is 0. The Morgan fingerprint density at radius 3 is 2.63 bits per heavy atom. The van der Waals surface area contributed by atoms with Gasteiger partial charge in [-0.15, -0.1) is 11.8 Å². The molecule has 1 aromatic heterocycles. The van der Waals surface area contributed by atoms with E-state index in [1.165, 1.54) is 11.8 Å². The largest absolute Gasteiger partial charge is 0.422 e. The number of hydrogen-bond acceptors (Lipinski definition) is 4. The van der Waals surface area contributed by atoms with Crippen LogP contribution in [0.2, 0.25) is 0 Å². The van der Waals surface area contributed by atoms with E-state index in [-0.39, 0.29) is 5.56 Å². The van der Waals surface area contributed by atoms with Crippen LogP contribution >= 0.6 is 11.8 Å². The molecule has 0 fully saturated rings. The third-order valence-electron chi connectivity index (χ3n) is 2.51. The summed E-state index contributed by atoms with van der Waals surface area (Å²) in [5, 5.41) is 8.89. The first-order valence-electron chi connectivity index (χ1n) is 5.60. The van der Waals surface area contributed by atoms with Crippen LogP contribution in [0.4, 0.5) is 0 Å². The summed E-state index contributed by atoms with van der Waals surface area (Å²) >= 11 is 1.35. The fourth-order valence-electron chi connectivity index (χ4n) is 1.58. The van der Waals surface area contributed by atoms with E-state index >= 15 is 0 Å². The Bertz CT molecular complexity index is 696. The van der Waals surface area contributed by atoms with Crippen molar-refractivity contribution in [3.63, 3.8) is 0 Å². The minimum absolute atomic E-state index is 0.0596. The lowest BCUT2D eigenvalue weighted by molar-refractivity contribution is 0.494. The topological polar surface area (TPSA) is 54.0 Å². The van der Waals surface area contributed by atoms with Gasteiger partial charge in [0.05, 0.1) is 0 Å². The van der Waals surface area contributed by atoms with Crippen LogP contribution in [0.15, 0.2) is 50.5 Å². The van der Waals surface area contributed by atoms with E-state index in [9.17, 15) is 4.79 Å². The molecule has 0 bridgehead atoms. The van der Waals surface area contributed by atoms with Gasteiger partial charge in [0.2, 0.25) is 0 Å². The molecule has 1 heterocycles. The molecule has 3 nitrogen and oxygen atoms in total. The zero-order chi connectivity index (χ0) is 13.7. The van der Waals surface area contributed by atoms with E-state index in [1.54, 1.807) is 12.1 Å². The first kappa shape index (κ1) is 13.2. The van der Waals surface area contributed by atoms with Gasteiger partial charge < -0.3 is 4.42 Å². The first-order valence-corrected chi connectivity index (χ1v) is 6.82. The zero-order valence-corrected chi connectivity index (χ0v) is 11.1. The summed E-state index contributed by atoms with van der Waals surface area (Å²) in [6, 6.07) is 13.3. The number of rotatable bonds is 3. The third-order valence-corrected chi connectivity index (χ3v) is 3.27. The molecule has 0 radical (unpaired) electrons. The van der Waals surface area contributed by atoms with Gasteiger partial charge in [0.25, 0.3) is 0 Å². The first-order chi connectivity index (χ1) is 9.24. The van der Waals surface area contributed by atoms with E-state index in [0.717, 1.165) is 5.56 Å². The number of benzene rings is 1. The summed E-state index contributed by atoms with van der Waals surface area (Å²) in [6.07, 6.45) is 5.40. The maximum absolute atomic E-state index is 11.6. The van der Waals surface area contributed by atoms with E-state index in [2.05, 4.69) is 0 Å². The monoisotopic (exact) mass is 269 g/mol. The predicted octanol–water partition coefficient (Wildman–Crippen LogP) is 3.40. The molecule has 4 heteroatoms. The third kappa shape index (κ3) is 3.15. The van der Waals surface area contributed by atoms with Crippen LogP contribution in [0.3, 0.4) is 0 Å². The van der Waals surface area contributed by atoms with Crippen LogP contribution < -0.4 is 5.63 Å².